The summed E-state index contributed by atoms with van der Waals surface area (Å²) in [7, 11) is -3.98. The number of carbonyl (C=O) groups excluding carboxylic acids is 3. The zero-order chi connectivity index (χ0) is 29.3. The zero-order valence-corrected chi connectivity index (χ0v) is 24.6. The number of carbonyl (C=O) groups is 3. The number of amides is 3. The highest BCUT2D eigenvalue weighted by atomic mass is 31.2. The van der Waals surface area contributed by atoms with Crippen LogP contribution >= 0.6 is 7.37 Å². The van der Waals surface area contributed by atoms with E-state index >= 15 is 0 Å². The minimum absolute atomic E-state index is 0.144. The Bertz CT molecular complexity index is 1190. The van der Waals surface area contributed by atoms with Gasteiger partial charge in [0.1, 0.15) is 23.5 Å². The summed E-state index contributed by atoms with van der Waals surface area (Å²) >= 11 is 0. The van der Waals surface area contributed by atoms with Crippen LogP contribution in [-0.2, 0) is 25.1 Å². The van der Waals surface area contributed by atoms with Crippen molar-refractivity contribution in [1.82, 2.24) is 15.5 Å². The zero-order valence-electron chi connectivity index (χ0n) is 23.7. The van der Waals surface area contributed by atoms with Crippen LogP contribution in [0.3, 0.4) is 0 Å². The summed E-state index contributed by atoms with van der Waals surface area (Å²) < 4.78 is 19.3. The number of ether oxygens (including phenoxy) is 1. The predicted molar refractivity (Wildman–Crippen MR) is 153 cm³/mol. The summed E-state index contributed by atoms with van der Waals surface area (Å²) in [5, 5.41) is 4.27. The molecule has 3 aliphatic rings. The number of nitrogen functional groups attached to an aromatic ring is 1. The Morgan fingerprint density at radius 1 is 1.23 bits per heavy atom. The molecule has 1 aliphatic heterocycles. The summed E-state index contributed by atoms with van der Waals surface area (Å²) in [6.07, 6.45) is 5.57. The lowest BCUT2D eigenvalue weighted by atomic mass is 9.85. The first-order valence-corrected chi connectivity index (χ1v) is 16.0. The minimum Gasteiger partial charge on any atom is -0.446 e. The van der Waals surface area contributed by atoms with E-state index in [2.05, 4.69) is 17.2 Å². The third-order valence-electron chi connectivity index (χ3n) is 8.46. The number of nitrogens with zero attached hydrogens (tertiary/aromatic N) is 1. The van der Waals surface area contributed by atoms with Crippen molar-refractivity contribution in [1.29, 1.82) is 0 Å². The van der Waals surface area contributed by atoms with Gasteiger partial charge in [-0.2, -0.15) is 0 Å². The van der Waals surface area contributed by atoms with E-state index in [9.17, 15) is 23.8 Å². The van der Waals surface area contributed by atoms with Crippen LogP contribution in [0, 0.1) is 11.3 Å². The van der Waals surface area contributed by atoms with E-state index in [-0.39, 0.29) is 30.5 Å². The molecule has 0 spiro atoms. The first-order valence-electron chi connectivity index (χ1n) is 14.2. The minimum atomic E-state index is -3.98. The number of likely N-dealkylation sites (tertiary alicyclic amines) is 1. The van der Waals surface area contributed by atoms with E-state index in [1.807, 2.05) is 20.8 Å². The summed E-state index contributed by atoms with van der Waals surface area (Å²) in [6.45, 7) is 9.69. The lowest BCUT2D eigenvalue weighted by molar-refractivity contribution is -0.142. The van der Waals surface area contributed by atoms with Gasteiger partial charge in [-0.25, -0.2) is 4.79 Å². The number of rotatable bonds is 9. The maximum Gasteiger partial charge on any atom is 0.408 e. The molecule has 3 fully saturated rings. The fraction of sp³-hybridized carbons (Fsp3) is 0.621. The van der Waals surface area contributed by atoms with Crippen molar-refractivity contribution in [3.8, 4) is 0 Å². The fourth-order valence-corrected chi connectivity index (χ4v) is 8.38. The van der Waals surface area contributed by atoms with Crippen LogP contribution in [0.2, 0.25) is 0 Å². The van der Waals surface area contributed by atoms with Crippen molar-refractivity contribution in [2.45, 2.75) is 95.3 Å². The van der Waals surface area contributed by atoms with Crippen molar-refractivity contribution < 1.29 is 28.6 Å². The normalized spacial score (nSPS) is 26.9. The summed E-state index contributed by atoms with van der Waals surface area (Å²) in [5.74, 6) is -1.23. The van der Waals surface area contributed by atoms with Crippen LogP contribution in [-0.4, -0.2) is 57.7 Å². The Kier molecular flexibility index (Phi) is 8.71. The highest BCUT2D eigenvalue weighted by molar-refractivity contribution is 7.59. The Labute approximate surface area is 236 Å². The quantitative estimate of drug-likeness (QED) is 0.197. The molecule has 40 heavy (non-hydrogen) atoms. The number of nitrogens with one attached hydrogen (secondary N) is 2. The largest absolute Gasteiger partial charge is 0.446 e. The Morgan fingerprint density at radius 2 is 1.90 bits per heavy atom. The maximum absolute atomic E-state index is 13.8. The number of para-hydroxylation sites is 1. The molecule has 2 aliphatic carbocycles. The Hall–Kier alpha value is -2.84. The molecule has 1 aromatic rings. The van der Waals surface area contributed by atoms with Gasteiger partial charge in [0.05, 0.1) is 6.16 Å². The molecule has 2 saturated carbocycles. The summed E-state index contributed by atoms with van der Waals surface area (Å²) in [4.78, 5) is 52.9. The standard InChI is InChI=1S/C29H43N4O6P/c1-5-20-17-29(20,40(37,38)18-19-11-6-9-14-22(19)30)32-25(34)23-15-10-16-33(23)26(35)24(28(2,3)4)31-27(36)39-21-12-7-8-13-21/h5-6,9,11,14,20-21,23-24H,1,7-8,10,12-13,15-18,30H2,2-4H3,(H,31,36)(H,32,34)(H,37,38)/t20-,23+,24?,29+/m1/s1. The van der Waals surface area contributed by atoms with E-state index in [0.717, 1.165) is 25.7 Å². The molecule has 1 aromatic carbocycles. The second kappa shape index (κ2) is 11.6. The number of anilines is 1. The Balaban J connectivity index is 1.49. The van der Waals surface area contributed by atoms with Gasteiger partial charge < -0.3 is 30.9 Å². The lowest BCUT2D eigenvalue weighted by Crippen LogP contribution is -2.58. The van der Waals surface area contributed by atoms with Gasteiger partial charge in [0.25, 0.3) is 0 Å². The van der Waals surface area contributed by atoms with Crippen LogP contribution in [0.15, 0.2) is 36.9 Å². The molecule has 11 heteroatoms. The van der Waals surface area contributed by atoms with Crippen LogP contribution in [0.4, 0.5) is 10.5 Å². The Morgan fingerprint density at radius 3 is 2.50 bits per heavy atom. The SMILES string of the molecule is C=C[C@@H]1C[C@]1(NC(=O)[C@@H]1CCCN1C(=O)C(NC(=O)OC1CCCC1)C(C)(C)C)P(=O)(O)Cc1ccccc1N. The van der Waals surface area contributed by atoms with E-state index in [1.54, 1.807) is 30.3 Å². The summed E-state index contributed by atoms with van der Waals surface area (Å²) in [6, 6.07) is 5.14. The van der Waals surface area contributed by atoms with Crippen LogP contribution in [0.5, 0.6) is 0 Å². The predicted octanol–water partition coefficient (Wildman–Crippen LogP) is 4.13. The first-order chi connectivity index (χ1) is 18.8. The topological polar surface area (TPSA) is 151 Å². The average molecular weight is 575 g/mol. The third kappa shape index (κ3) is 6.23. The second-order valence-electron chi connectivity index (χ2n) is 12.5. The van der Waals surface area contributed by atoms with Gasteiger partial charge in [0.2, 0.25) is 19.2 Å². The van der Waals surface area contributed by atoms with Gasteiger partial charge in [-0.1, -0.05) is 45.0 Å². The van der Waals surface area contributed by atoms with Crippen LogP contribution in [0.1, 0.15) is 71.3 Å². The van der Waals surface area contributed by atoms with E-state index in [0.29, 0.717) is 30.6 Å². The molecule has 10 nitrogen and oxygen atoms in total. The van der Waals surface area contributed by atoms with E-state index in [1.165, 1.54) is 4.90 Å². The molecule has 0 aromatic heterocycles. The smallest absolute Gasteiger partial charge is 0.408 e. The lowest BCUT2D eigenvalue weighted by Gasteiger charge is -2.36. The molecule has 3 amide bonds. The van der Waals surface area contributed by atoms with Crippen molar-refractivity contribution >= 4 is 31.0 Å². The van der Waals surface area contributed by atoms with E-state index in [4.69, 9.17) is 10.5 Å². The summed E-state index contributed by atoms with van der Waals surface area (Å²) in [5.41, 5.74) is 6.34. The monoisotopic (exact) mass is 574 g/mol. The molecule has 2 unspecified atom stereocenters. The molecule has 0 bridgehead atoms. The van der Waals surface area contributed by atoms with Gasteiger partial charge in [0.15, 0.2) is 0 Å². The molecule has 1 heterocycles. The number of benzene rings is 1. The van der Waals surface area contributed by atoms with Gasteiger partial charge in [-0.05, 0) is 62.0 Å². The third-order valence-corrected chi connectivity index (χ3v) is 11.1. The van der Waals surface area contributed by atoms with Crippen molar-refractivity contribution in [2.75, 3.05) is 12.3 Å². The number of hydrogen-bond donors (Lipinski definition) is 4. The molecule has 5 N–H and O–H groups in total. The van der Waals surface area contributed by atoms with Crippen molar-refractivity contribution in [3.05, 3.63) is 42.5 Å². The fourth-order valence-electron chi connectivity index (χ4n) is 5.96. The molecular formula is C29H43N4O6P. The highest BCUT2D eigenvalue weighted by Crippen LogP contribution is 2.71. The highest BCUT2D eigenvalue weighted by Gasteiger charge is 2.65. The number of hydrogen-bond acceptors (Lipinski definition) is 6. The van der Waals surface area contributed by atoms with Crippen LogP contribution in [0.25, 0.3) is 0 Å². The number of alkyl carbamates (subject to hydrolysis) is 1. The van der Waals surface area contributed by atoms with Crippen molar-refractivity contribution in [3.63, 3.8) is 0 Å². The van der Waals surface area contributed by atoms with Gasteiger partial charge >= 0.3 is 6.09 Å². The van der Waals surface area contributed by atoms with Gasteiger partial charge in [-0.15, -0.1) is 6.58 Å². The molecule has 5 atom stereocenters. The average Bonchev–Trinajstić information content (AvgIpc) is 3.21. The van der Waals surface area contributed by atoms with E-state index < -0.39 is 42.1 Å². The van der Waals surface area contributed by atoms with Crippen molar-refractivity contribution in [2.24, 2.45) is 11.3 Å². The molecule has 1 saturated heterocycles. The molecule has 220 valence electrons. The van der Waals surface area contributed by atoms with Gasteiger partial charge in [0, 0.05) is 18.2 Å². The van der Waals surface area contributed by atoms with Crippen LogP contribution < -0.4 is 16.4 Å². The molecule has 4 rings (SSSR count). The second-order valence-corrected chi connectivity index (χ2v) is 15.0. The number of nitrogens with two attached hydrogens (primary N) is 1. The maximum atomic E-state index is 13.8. The van der Waals surface area contributed by atoms with Gasteiger partial charge in [-0.3, -0.25) is 14.2 Å². The first kappa shape index (κ1) is 30.1. The molecule has 0 radical (unpaired) electrons. The molecular weight excluding hydrogens is 531 g/mol.